The van der Waals surface area contributed by atoms with Crippen molar-refractivity contribution in [1.29, 1.82) is 0 Å². The lowest BCUT2D eigenvalue weighted by Crippen LogP contribution is -2.38. The van der Waals surface area contributed by atoms with Crippen molar-refractivity contribution in [2.24, 2.45) is 0 Å². The maximum Gasteiger partial charge on any atom is 0.331 e. The van der Waals surface area contributed by atoms with Crippen LogP contribution in [0.15, 0.2) is 48.6 Å². The summed E-state index contributed by atoms with van der Waals surface area (Å²) >= 11 is 0. The van der Waals surface area contributed by atoms with E-state index in [2.05, 4.69) is 0 Å². The van der Waals surface area contributed by atoms with Crippen LogP contribution in [0.5, 0.6) is 0 Å². The van der Waals surface area contributed by atoms with Crippen molar-refractivity contribution in [3.05, 3.63) is 54.1 Å². The van der Waals surface area contributed by atoms with Crippen LogP contribution < -0.4 is 0 Å². The third-order valence-electron chi connectivity index (χ3n) is 3.72. The van der Waals surface area contributed by atoms with E-state index in [1.54, 1.807) is 6.08 Å². The molecule has 3 rings (SSSR count). The van der Waals surface area contributed by atoms with E-state index in [0.29, 0.717) is 0 Å². The van der Waals surface area contributed by atoms with Gasteiger partial charge in [-0.25, -0.2) is 4.79 Å². The first kappa shape index (κ1) is 15.0. The molecule has 1 aromatic rings. The summed E-state index contributed by atoms with van der Waals surface area (Å²) in [6.07, 6.45) is 9.09. The molecule has 2 aliphatic heterocycles. The Morgan fingerprint density at radius 3 is 2.82 bits per heavy atom. The van der Waals surface area contributed by atoms with E-state index in [0.717, 1.165) is 31.4 Å². The molecule has 0 aromatic heterocycles. The highest BCUT2D eigenvalue weighted by Gasteiger charge is 2.28. The van der Waals surface area contributed by atoms with E-state index >= 15 is 0 Å². The highest BCUT2D eigenvalue weighted by molar-refractivity contribution is 5.83. The first-order chi connectivity index (χ1) is 10.8. The Morgan fingerprint density at radius 2 is 2.05 bits per heavy atom. The number of cyclic esters (lactones) is 1. The summed E-state index contributed by atoms with van der Waals surface area (Å²) in [4.78, 5) is 11.5. The summed E-state index contributed by atoms with van der Waals surface area (Å²) in [6.45, 7) is 0.728. The van der Waals surface area contributed by atoms with Gasteiger partial charge in [-0.05, 0) is 37.0 Å². The van der Waals surface area contributed by atoms with Crippen molar-refractivity contribution in [1.82, 2.24) is 0 Å². The number of hydrogen-bond donors (Lipinski definition) is 0. The van der Waals surface area contributed by atoms with Crippen LogP contribution in [0.25, 0.3) is 6.08 Å². The summed E-state index contributed by atoms with van der Waals surface area (Å²) in [5, 5.41) is 0. The fourth-order valence-corrected chi connectivity index (χ4v) is 2.56. The number of rotatable bonds is 4. The average Bonchev–Trinajstić information content (AvgIpc) is 2.57. The predicted molar refractivity (Wildman–Crippen MR) is 83.0 cm³/mol. The molecule has 3 atom stereocenters. The van der Waals surface area contributed by atoms with Gasteiger partial charge in [-0.3, -0.25) is 0 Å². The summed E-state index contributed by atoms with van der Waals surface area (Å²) in [5.74, 6) is -0.341. The zero-order valence-corrected chi connectivity index (χ0v) is 12.4. The number of hydrogen-bond acceptors (Lipinski definition) is 4. The lowest BCUT2D eigenvalue weighted by molar-refractivity contribution is -0.198. The first-order valence-electron chi connectivity index (χ1n) is 7.70. The number of carbonyl (C=O) groups is 1. The molecule has 0 amide bonds. The van der Waals surface area contributed by atoms with E-state index in [1.165, 1.54) is 6.08 Å². The van der Waals surface area contributed by atoms with Gasteiger partial charge in [-0.15, -0.1) is 0 Å². The Bertz CT molecular complexity index is 543. The van der Waals surface area contributed by atoms with Crippen molar-refractivity contribution in [3.63, 3.8) is 0 Å². The Kier molecular flexibility index (Phi) is 5.03. The van der Waals surface area contributed by atoms with Crippen LogP contribution >= 0.6 is 0 Å². The van der Waals surface area contributed by atoms with Gasteiger partial charge in [0.05, 0.1) is 0 Å². The molecule has 4 nitrogen and oxygen atoms in total. The second-order valence-electron chi connectivity index (χ2n) is 5.43. The number of benzene rings is 1. The molecular weight excluding hydrogens is 280 g/mol. The Balaban J connectivity index is 1.67. The fourth-order valence-electron chi connectivity index (χ4n) is 2.56. The van der Waals surface area contributed by atoms with Crippen molar-refractivity contribution in [2.75, 3.05) is 6.61 Å². The van der Waals surface area contributed by atoms with E-state index in [1.807, 2.05) is 42.5 Å². The summed E-state index contributed by atoms with van der Waals surface area (Å²) in [6, 6.07) is 9.90. The Hall–Kier alpha value is -1.91. The van der Waals surface area contributed by atoms with E-state index < -0.39 is 6.10 Å². The fraction of sp³-hybridized carbons (Fsp3) is 0.389. The molecule has 0 bridgehead atoms. The molecule has 22 heavy (non-hydrogen) atoms. The Labute approximate surface area is 130 Å². The maximum atomic E-state index is 11.5. The van der Waals surface area contributed by atoms with Gasteiger partial charge in [0.1, 0.15) is 6.10 Å². The highest BCUT2D eigenvalue weighted by Crippen LogP contribution is 2.21. The summed E-state index contributed by atoms with van der Waals surface area (Å²) < 4.78 is 16.9. The third-order valence-corrected chi connectivity index (χ3v) is 3.72. The van der Waals surface area contributed by atoms with Crippen LogP contribution in [0.3, 0.4) is 0 Å². The molecule has 0 radical (unpaired) electrons. The zero-order valence-electron chi connectivity index (χ0n) is 12.4. The molecule has 2 aliphatic rings. The van der Waals surface area contributed by atoms with Gasteiger partial charge < -0.3 is 14.2 Å². The summed E-state index contributed by atoms with van der Waals surface area (Å²) in [7, 11) is 0. The minimum Gasteiger partial charge on any atom is -0.452 e. The highest BCUT2D eigenvalue weighted by atomic mass is 16.7. The molecule has 0 N–H and O–H groups in total. The number of carbonyl (C=O) groups excluding carboxylic acids is 1. The molecule has 1 saturated heterocycles. The van der Waals surface area contributed by atoms with Gasteiger partial charge in [0, 0.05) is 12.7 Å². The minimum absolute atomic E-state index is 0.215. The minimum atomic E-state index is -0.428. The van der Waals surface area contributed by atoms with E-state index in [4.69, 9.17) is 14.2 Å². The van der Waals surface area contributed by atoms with Crippen molar-refractivity contribution >= 4 is 12.0 Å². The van der Waals surface area contributed by atoms with Gasteiger partial charge in [-0.1, -0.05) is 36.4 Å². The molecule has 2 heterocycles. The van der Waals surface area contributed by atoms with Crippen LogP contribution in [0, 0.1) is 0 Å². The van der Waals surface area contributed by atoms with E-state index in [9.17, 15) is 4.79 Å². The topological polar surface area (TPSA) is 44.8 Å². The molecule has 4 heteroatoms. The van der Waals surface area contributed by atoms with Crippen LogP contribution in [0.4, 0.5) is 0 Å². The van der Waals surface area contributed by atoms with Crippen LogP contribution in [-0.2, 0) is 19.0 Å². The van der Waals surface area contributed by atoms with Crippen molar-refractivity contribution < 1.29 is 19.0 Å². The largest absolute Gasteiger partial charge is 0.452 e. The third kappa shape index (κ3) is 4.06. The summed E-state index contributed by atoms with van der Waals surface area (Å²) in [5.41, 5.74) is 1.06. The molecule has 0 spiro atoms. The molecule has 0 saturated carbocycles. The Morgan fingerprint density at radius 1 is 1.18 bits per heavy atom. The second-order valence-corrected chi connectivity index (χ2v) is 5.43. The quantitative estimate of drug-likeness (QED) is 0.802. The lowest BCUT2D eigenvalue weighted by atomic mass is 10.1. The monoisotopic (exact) mass is 300 g/mol. The van der Waals surface area contributed by atoms with Crippen molar-refractivity contribution in [3.8, 4) is 0 Å². The smallest absolute Gasteiger partial charge is 0.331 e. The van der Waals surface area contributed by atoms with Crippen LogP contribution in [0.2, 0.25) is 0 Å². The average molecular weight is 300 g/mol. The lowest BCUT2D eigenvalue weighted by Gasteiger charge is -2.31. The SMILES string of the molecule is O=C1C=C[C@H](OC2CCCCO2)[C@@H](/C=C/c2ccccc2)O1. The van der Waals surface area contributed by atoms with E-state index in [-0.39, 0.29) is 18.4 Å². The van der Waals surface area contributed by atoms with Gasteiger partial charge in [0.15, 0.2) is 12.4 Å². The molecular formula is C18H20O4. The number of esters is 1. The molecule has 1 fully saturated rings. The molecule has 0 aliphatic carbocycles. The molecule has 1 aromatic carbocycles. The first-order valence-corrected chi connectivity index (χ1v) is 7.70. The second kappa shape index (κ2) is 7.38. The van der Waals surface area contributed by atoms with Crippen LogP contribution in [-0.4, -0.2) is 31.1 Å². The zero-order chi connectivity index (χ0) is 15.2. The van der Waals surface area contributed by atoms with Gasteiger partial charge in [0.2, 0.25) is 0 Å². The van der Waals surface area contributed by atoms with Gasteiger partial charge in [-0.2, -0.15) is 0 Å². The molecule has 116 valence electrons. The normalized spacial score (nSPS) is 28.7. The van der Waals surface area contributed by atoms with Crippen molar-refractivity contribution in [2.45, 2.75) is 37.8 Å². The van der Waals surface area contributed by atoms with Crippen LogP contribution in [0.1, 0.15) is 24.8 Å². The predicted octanol–water partition coefficient (Wildman–Crippen LogP) is 3.09. The number of ether oxygens (including phenoxy) is 3. The maximum absolute atomic E-state index is 11.5. The molecule has 1 unspecified atom stereocenters. The van der Waals surface area contributed by atoms with Gasteiger partial charge in [0.25, 0.3) is 0 Å². The standard InChI is InChI=1S/C18H20O4/c19-17-12-11-16(22-18-8-4-5-13-20-18)15(21-17)10-9-14-6-2-1-3-7-14/h1-3,6-7,9-12,15-16,18H,4-5,8,13H2/b10-9+/t15-,16+,18?/m1/s1. The van der Waals surface area contributed by atoms with Gasteiger partial charge >= 0.3 is 5.97 Å².